The average Bonchev–Trinajstić information content (AvgIpc) is 3.78. The van der Waals surface area contributed by atoms with Gasteiger partial charge in [-0.2, -0.15) is 12.1 Å². The molecule has 6 rings (SSSR count). The predicted octanol–water partition coefficient (Wildman–Crippen LogP) is 11.7. The molecular formula is C44H50BCl2N2O2Zr. The van der Waals surface area contributed by atoms with E-state index < -0.39 is 20.8 Å². The summed E-state index contributed by atoms with van der Waals surface area (Å²) in [5, 5.41) is 9.77. The third kappa shape index (κ3) is 12.9. The fraction of sp³-hybridized carbons (Fsp3) is 0.273. The summed E-state index contributed by atoms with van der Waals surface area (Å²) in [5.74, 6) is 0. The molecule has 6 aromatic carbocycles. The van der Waals surface area contributed by atoms with Gasteiger partial charge in [0.25, 0.3) is 0 Å². The van der Waals surface area contributed by atoms with Gasteiger partial charge in [0.15, 0.2) is 12.8 Å². The summed E-state index contributed by atoms with van der Waals surface area (Å²) in [4.78, 5) is 18.8. The van der Waals surface area contributed by atoms with Crippen molar-refractivity contribution < 1.29 is 30.4 Å². The van der Waals surface area contributed by atoms with Gasteiger partial charge in [-0.15, -0.1) is 69.1 Å². The molecule has 6 aromatic rings. The molecule has 269 valence electrons. The van der Waals surface area contributed by atoms with Gasteiger partial charge in [-0.05, 0) is 47.9 Å². The van der Waals surface area contributed by atoms with Crippen molar-refractivity contribution in [2.45, 2.75) is 79.1 Å². The Morgan fingerprint density at radius 1 is 0.558 bits per heavy atom. The second kappa shape index (κ2) is 24.7. The van der Waals surface area contributed by atoms with Crippen molar-refractivity contribution in [3.8, 4) is 22.3 Å². The topological polar surface area (TPSA) is 58.2 Å². The zero-order chi connectivity index (χ0) is 37.6. The van der Waals surface area contributed by atoms with Crippen LogP contribution in [0.25, 0.3) is 43.8 Å². The number of nitrogens with one attached hydrogen (secondary N) is 2. The number of aryl methyl sites for hydroxylation is 4. The molecule has 0 aliphatic heterocycles. The van der Waals surface area contributed by atoms with Crippen LogP contribution in [0.2, 0.25) is 0 Å². The van der Waals surface area contributed by atoms with E-state index in [1.54, 1.807) is 0 Å². The molecule has 0 aliphatic rings. The first-order valence-corrected chi connectivity index (χ1v) is 24.5. The molecule has 0 unspecified atom stereocenters. The van der Waals surface area contributed by atoms with Gasteiger partial charge in [-0.3, -0.25) is 9.59 Å². The molecule has 0 atom stereocenters. The third-order valence-corrected chi connectivity index (χ3v) is 8.65. The van der Waals surface area contributed by atoms with Crippen LogP contribution in [-0.2, 0) is 56.1 Å². The maximum absolute atomic E-state index is 9.38. The van der Waals surface area contributed by atoms with Crippen molar-refractivity contribution in [3.63, 3.8) is 0 Å². The van der Waals surface area contributed by atoms with Crippen LogP contribution in [0.1, 0.15) is 75.6 Å². The van der Waals surface area contributed by atoms with Gasteiger partial charge < -0.3 is 10.5 Å². The van der Waals surface area contributed by atoms with Gasteiger partial charge in [0.1, 0.15) is 0 Å². The molecule has 0 bridgehead atoms. The minimum absolute atomic E-state index is 0.455. The number of fused-ring (bicyclic) bond motifs is 2. The zero-order valence-electron chi connectivity index (χ0n) is 30.9. The molecule has 1 radical (unpaired) electrons. The van der Waals surface area contributed by atoms with Gasteiger partial charge in [0.2, 0.25) is 0 Å². The summed E-state index contributed by atoms with van der Waals surface area (Å²) < 4.78 is 0. The van der Waals surface area contributed by atoms with Crippen LogP contribution >= 0.6 is 17.0 Å². The molecule has 0 saturated heterocycles. The summed E-state index contributed by atoms with van der Waals surface area (Å²) in [6, 6.07) is 40.6. The molecule has 0 saturated carbocycles. The number of rotatable bonds is 14. The molecule has 52 heavy (non-hydrogen) atoms. The van der Waals surface area contributed by atoms with Gasteiger partial charge in [0.05, 0.1) is 0 Å². The Morgan fingerprint density at radius 3 is 1.29 bits per heavy atom. The van der Waals surface area contributed by atoms with E-state index in [1.807, 2.05) is 0 Å². The number of hydrogen-bond donors (Lipinski definition) is 2. The number of benzene rings is 4. The summed E-state index contributed by atoms with van der Waals surface area (Å²) in [6.07, 6.45) is 10.3. The Hall–Kier alpha value is -3.43. The van der Waals surface area contributed by atoms with E-state index >= 15 is 0 Å². The van der Waals surface area contributed by atoms with Gasteiger partial charge in [-0.25, -0.2) is 0 Å². The van der Waals surface area contributed by atoms with Crippen LogP contribution in [0.15, 0.2) is 109 Å². The first-order chi connectivity index (χ1) is 25.5. The Kier molecular flexibility index (Phi) is 20.4. The summed E-state index contributed by atoms with van der Waals surface area (Å²) in [5.41, 5.74) is 11.4. The SMILES string of the molecule is CCCc1cc2c(-c3ccccc3CCC)cccc2[cH-]1.CCCc1cc2c(-c3ccccc3CCC)cccc2[cH-]1.O=CN[B]NC=O.[Cl][Zr+2][Cl]. The average molecular weight is 812 g/mol. The third-order valence-electron chi connectivity index (χ3n) is 8.65. The predicted molar refractivity (Wildman–Crippen MR) is 222 cm³/mol. The maximum atomic E-state index is 9.38. The molecule has 0 aliphatic carbocycles. The zero-order valence-corrected chi connectivity index (χ0v) is 34.8. The molecule has 0 aromatic heterocycles. The molecule has 8 heteroatoms. The quantitative estimate of drug-likeness (QED) is 0.0498. The van der Waals surface area contributed by atoms with Crippen molar-refractivity contribution in [1.29, 1.82) is 0 Å². The van der Waals surface area contributed by atoms with Crippen molar-refractivity contribution in [2.75, 3.05) is 0 Å². The van der Waals surface area contributed by atoms with Crippen LogP contribution < -0.4 is 10.5 Å². The van der Waals surface area contributed by atoms with E-state index in [4.69, 9.17) is 17.0 Å². The molecular weight excluding hydrogens is 761 g/mol. The van der Waals surface area contributed by atoms with E-state index in [-0.39, 0.29) is 0 Å². The number of halogens is 2. The van der Waals surface area contributed by atoms with Crippen molar-refractivity contribution >= 4 is 58.9 Å². The number of hydrogen-bond acceptors (Lipinski definition) is 2. The van der Waals surface area contributed by atoms with Crippen molar-refractivity contribution in [2.24, 2.45) is 0 Å². The molecule has 2 N–H and O–H groups in total. The van der Waals surface area contributed by atoms with Crippen molar-refractivity contribution in [3.05, 3.63) is 131 Å². The first-order valence-electron chi connectivity index (χ1n) is 18.2. The fourth-order valence-electron chi connectivity index (χ4n) is 6.59. The Balaban J connectivity index is 0.000000224. The van der Waals surface area contributed by atoms with E-state index in [0.717, 1.165) is 20.4 Å². The Morgan fingerprint density at radius 2 is 0.923 bits per heavy atom. The molecule has 0 fully saturated rings. The monoisotopic (exact) mass is 809 g/mol. The van der Waals surface area contributed by atoms with E-state index in [1.165, 1.54) is 105 Å². The van der Waals surface area contributed by atoms with Crippen LogP contribution in [0.4, 0.5) is 0 Å². The van der Waals surface area contributed by atoms with Crippen LogP contribution in [0.5, 0.6) is 0 Å². The summed E-state index contributed by atoms with van der Waals surface area (Å²) in [7, 11) is 11.0. The van der Waals surface area contributed by atoms with E-state index in [2.05, 4.69) is 147 Å². The molecule has 0 heterocycles. The summed E-state index contributed by atoms with van der Waals surface area (Å²) >= 11 is -0.826. The number of carbonyl (C=O) groups excluding carboxylic acids is 2. The number of carbonyl (C=O) groups is 2. The molecule has 4 nitrogen and oxygen atoms in total. The fourth-order valence-corrected chi connectivity index (χ4v) is 6.59. The Bertz CT molecular complexity index is 1800. The number of amides is 2. The Labute approximate surface area is 330 Å². The van der Waals surface area contributed by atoms with Gasteiger partial charge in [0, 0.05) is 0 Å². The van der Waals surface area contributed by atoms with Crippen molar-refractivity contribution in [1.82, 2.24) is 10.5 Å². The second-order valence-electron chi connectivity index (χ2n) is 12.4. The minimum atomic E-state index is -0.826. The van der Waals surface area contributed by atoms with Gasteiger partial charge >= 0.3 is 45.4 Å². The van der Waals surface area contributed by atoms with Crippen LogP contribution in [0.3, 0.4) is 0 Å². The summed E-state index contributed by atoms with van der Waals surface area (Å²) in [6.45, 7) is 8.99. The normalized spacial score (nSPS) is 10.0. The first kappa shape index (κ1) is 43.0. The van der Waals surface area contributed by atoms with E-state index in [0.29, 0.717) is 12.8 Å². The van der Waals surface area contributed by atoms with Gasteiger partial charge in [-0.1, -0.05) is 125 Å². The van der Waals surface area contributed by atoms with E-state index in [9.17, 15) is 9.59 Å². The second-order valence-corrected chi connectivity index (χ2v) is 16.2. The molecule has 2 amide bonds. The molecule has 0 spiro atoms. The standard InChI is InChI=1S/2C21H23.C2H4BN2O2.2ClH.Zr/c2*1-3-8-16-14-18-11-7-13-20(21(18)15-16)19-12-6-5-10-17(19)9-4-2;6-1-4-3-5-2-7;;;/h2*5-7,10-15H,3-4,8-9H2,1-2H3;1-2H,(H,4,6)(H,5,7);2*1H;/q2*-1;;;;+4/p-2. The van der Waals surface area contributed by atoms with Crippen LogP contribution in [0, 0.1) is 0 Å². The van der Waals surface area contributed by atoms with Crippen LogP contribution in [-0.4, -0.2) is 20.4 Å².